The van der Waals surface area contributed by atoms with Crippen LogP contribution in [0.15, 0.2) is 21.1 Å². The molecular formula is C17H17N3O3. The van der Waals surface area contributed by atoms with Crippen molar-refractivity contribution in [2.75, 3.05) is 13.1 Å². The highest BCUT2D eigenvalue weighted by Crippen LogP contribution is 2.31. The van der Waals surface area contributed by atoms with E-state index in [0.29, 0.717) is 28.1 Å². The van der Waals surface area contributed by atoms with E-state index in [-0.39, 0.29) is 5.91 Å². The Morgan fingerprint density at radius 3 is 2.61 bits per heavy atom. The van der Waals surface area contributed by atoms with Gasteiger partial charge in [0, 0.05) is 18.7 Å². The summed E-state index contributed by atoms with van der Waals surface area (Å²) in [5.41, 5.74) is 3.22. The number of carbonyl (C=O) groups excluding carboxylic acids is 1. The van der Waals surface area contributed by atoms with E-state index in [9.17, 15) is 4.79 Å². The second-order valence-electron chi connectivity index (χ2n) is 5.98. The molecule has 1 aliphatic rings. The molecule has 118 valence electrons. The largest absolute Gasteiger partial charge is 0.466 e. The molecule has 0 aromatic carbocycles. The topological polar surface area (TPSA) is 72.4 Å². The van der Waals surface area contributed by atoms with Gasteiger partial charge in [0.05, 0.1) is 22.3 Å². The minimum atomic E-state index is 0.00840. The third kappa shape index (κ3) is 2.13. The van der Waals surface area contributed by atoms with E-state index in [1.54, 1.807) is 0 Å². The van der Waals surface area contributed by atoms with Crippen LogP contribution in [0.4, 0.5) is 0 Å². The van der Waals surface area contributed by atoms with Crippen molar-refractivity contribution in [2.45, 2.75) is 27.2 Å². The van der Waals surface area contributed by atoms with E-state index in [0.717, 1.165) is 36.6 Å². The molecule has 0 bridgehead atoms. The lowest BCUT2D eigenvalue weighted by atomic mass is 10.0. The molecular weight excluding hydrogens is 294 g/mol. The van der Waals surface area contributed by atoms with Crippen molar-refractivity contribution in [3.8, 4) is 11.3 Å². The van der Waals surface area contributed by atoms with Crippen LogP contribution in [0.5, 0.6) is 0 Å². The predicted octanol–water partition coefficient (Wildman–Crippen LogP) is 3.25. The first-order chi connectivity index (χ1) is 11.0. The van der Waals surface area contributed by atoms with Gasteiger partial charge in [-0.1, -0.05) is 5.16 Å². The molecule has 4 rings (SSSR count). The molecule has 0 N–H and O–H groups in total. The summed E-state index contributed by atoms with van der Waals surface area (Å²) in [7, 11) is 0. The average Bonchev–Trinajstić information content (AvgIpc) is 2.99. The summed E-state index contributed by atoms with van der Waals surface area (Å²) in [6, 6.07) is 3.75. The first kappa shape index (κ1) is 14.0. The lowest BCUT2D eigenvalue weighted by molar-refractivity contribution is 0.0654. The SMILES string of the molecule is Cc1cc(-c2cc(C(=O)N3CCC3)c3c(C)noc3n2)c(C)o1. The summed E-state index contributed by atoms with van der Waals surface area (Å²) in [6.45, 7) is 7.20. The number of hydrogen-bond acceptors (Lipinski definition) is 5. The number of rotatable bonds is 2. The van der Waals surface area contributed by atoms with Gasteiger partial charge in [-0.15, -0.1) is 0 Å². The van der Waals surface area contributed by atoms with Crippen molar-refractivity contribution >= 4 is 17.0 Å². The average molecular weight is 311 g/mol. The second-order valence-corrected chi connectivity index (χ2v) is 5.98. The fourth-order valence-electron chi connectivity index (χ4n) is 2.98. The van der Waals surface area contributed by atoms with E-state index in [1.807, 2.05) is 37.8 Å². The molecule has 3 aromatic rings. The minimum Gasteiger partial charge on any atom is -0.466 e. The number of aryl methyl sites for hydroxylation is 3. The minimum absolute atomic E-state index is 0.00840. The molecule has 6 nitrogen and oxygen atoms in total. The number of carbonyl (C=O) groups is 1. The van der Waals surface area contributed by atoms with E-state index in [2.05, 4.69) is 10.1 Å². The molecule has 0 unspecified atom stereocenters. The first-order valence-electron chi connectivity index (χ1n) is 7.68. The summed E-state index contributed by atoms with van der Waals surface area (Å²) in [5.74, 6) is 1.59. The van der Waals surface area contributed by atoms with Crippen LogP contribution in [0.1, 0.15) is 34.0 Å². The zero-order chi connectivity index (χ0) is 16.1. The maximum Gasteiger partial charge on any atom is 0.259 e. The molecule has 4 heterocycles. The highest BCUT2D eigenvalue weighted by atomic mass is 16.5. The van der Waals surface area contributed by atoms with Crippen LogP contribution >= 0.6 is 0 Å². The molecule has 3 aromatic heterocycles. The fraction of sp³-hybridized carbons (Fsp3) is 0.353. The van der Waals surface area contributed by atoms with Crippen LogP contribution in [0.2, 0.25) is 0 Å². The summed E-state index contributed by atoms with van der Waals surface area (Å²) < 4.78 is 10.9. The molecule has 1 saturated heterocycles. The number of fused-ring (bicyclic) bond motifs is 1. The third-order valence-electron chi connectivity index (χ3n) is 4.31. The quantitative estimate of drug-likeness (QED) is 0.726. The van der Waals surface area contributed by atoms with Gasteiger partial charge in [-0.05, 0) is 39.3 Å². The van der Waals surface area contributed by atoms with E-state index in [1.165, 1.54) is 0 Å². The lowest BCUT2D eigenvalue weighted by Gasteiger charge is -2.31. The zero-order valence-corrected chi connectivity index (χ0v) is 13.3. The van der Waals surface area contributed by atoms with Crippen molar-refractivity contribution in [3.05, 3.63) is 34.9 Å². The molecule has 0 atom stereocenters. The summed E-state index contributed by atoms with van der Waals surface area (Å²) in [5, 5.41) is 4.67. The van der Waals surface area contributed by atoms with Gasteiger partial charge >= 0.3 is 0 Å². The Morgan fingerprint density at radius 2 is 2.00 bits per heavy atom. The van der Waals surface area contributed by atoms with Crippen LogP contribution < -0.4 is 0 Å². The van der Waals surface area contributed by atoms with Crippen molar-refractivity contribution in [1.29, 1.82) is 0 Å². The maximum atomic E-state index is 12.8. The molecule has 0 aliphatic carbocycles. The van der Waals surface area contributed by atoms with Crippen LogP contribution in [0.3, 0.4) is 0 Å². The van der Waals surface area contributed by atoms with Crippen molar-refractivity contribution in [1.82, 2.24) is 15.0 Å². The molecule has 0 saturated carbocycles. The number of aromatic nitrogens is 2. The number of hydrogen-bond donors (Lipinski definition) is 0. The summed E-state index contributed by atoms with van der Waals surface area (Å²) in [4.78, 5) is 19.1. The molecule has 6 heteroatoms. The number of furan rings is 1. The van der Waals surface area contributed by atoms with Gasteiger partial charge < -0.3 is 13.8 Å². The van der Waals surface area contributed by atoms with Gasteiger partial charge in [0.1, 0.15) is 11.5 Å². The fourth-order valence-corrected chi connectivity index (χ4v) is 2.98. The Balaban J connectivity index is 1.93. The molecule has 0 spiro atoms. The number of amides is 1. The number of likely N-dealkylation sites (tertiary alicyclic amines) is 1. The molecule has 1 fully saturated rings. The first-order valence-corrected chi connectivity index (χ1v) is 7.68. The van der Waals surface area contributed by atoms with Gasteiger partial charge in [0.2, 0.25) is 0 Å². The zero-order valence-electron chi connectivity index (χ0n) is 13.3. The Bertz CT molecular complexity index is 919. The predicted molar refractivity (Wildman–Crippen MR) is 84.2 cm³/mol. The van der Waals surface area contributed by atoms with Crippen LogP contribution in [-0.4, -0.2) is 34.0 Å². The second kappa shape index (κ2) is 4.94. The van der Waals surface area contributed by atoms with Gasteiger partial charge in [-0.2, -0.15) is 0 Å². The van der Waals surface area contributed by atoms with E-state index in [4.69, 9.17) is 8.94 Å². The smallest absolute Gasteiger partial charge is 0.259 e. The Kier molecular flexibility index (Phi) is 3.01. The highest BCUT2D eigenvalue weighted by Gasteiger charge is 2.27. The van der Waals surface area contributed by atoms with Gasteiger partial charge in [-0.25, -0.2) is 4.98 Å². The van der Waals surface area contributed by atoms with Gasteiger partial charge in [0.25, 0.3) is 11.6 Å². The van der Waals surface area contributed by atoms with Gasteiger partial charge in [-0.3, -0.25) is 4.79 Å². The van der Waals surface area contributed by atoms with E-state index >= 15 is 0 Å². The van der Waals surface area contributed by atoms with Crippen molar-refractivity contribution < 1.29 is 13.7 Å². The van der Waals surface area contributed by atoms with E-state index < -0.39 is 0 Å². The molecule has 1 amide bonds. The number of pyridine rings is 1. The summed E-state index contributed by atoms with van der Waals surface area (Å²) in [6.07, 6.45) is 1.05. The molecule has 1 aliphatic heterocycles. The highest BCUT2D eigenvalue weighted by molar-refractivity contribution is 6.07. The molecule has 23 heavy (non-hydrogen) atoms. The Morgan fingerprint density at radius 1 is 1.22 bits per heavy atom. The Hall–Kier alpha value is -2.63. The van der Waals surface area contributed by atoms with Gasteiger partial charge in [0.15, 0.2) is 0 Å². The Labute approximate surface area is 133 Å². The lowest BCUT2D eigenvalue weighted by Crippen LogP contribution is -2.42. The number of nitrogens with zero attached hydrogens (tertiary/aromatic N) is 3. The van der Waals surface area contributed by atoms with Crippen molar-refractivity contribution in [2.24, 2.45) is 0 Å². The summed E-state index contributed by atoms with van der Waals surface area (Å²) >= 11 is 0. The third-order valence-corrected chi connectivity index (χ3v) is 4.31. The van der Waals surface area contributed by atoms with Crippen LogP contribution in [0, 0.1) is 20.8 Å². The van der Waals surface area contributed by atoms with Crippen LogP contribution in [-0.2, 0) is 0 Å². The maximum absolute atomic E-state index is 12.8. The van der Waals surface area contributed by atoms with Crippen molar-refractivity contribution in [3.63, 3.8) is 0 Å². The monoisotopic (exact) mass is 311 g/mol. The van der Waals surface area contributed by atoms with Crippen LogP contribution in [0.25, 0.3) is 22.4 Å². The normalized spacial score (nSPS) is 14.3. The standard InChI is InChI=1S/C17H17N3O3/c1-9-7-12(11(3)22-9)14-8-13(17(21)20-5-4-6-20)15-10(2)19-23-16(15)18-14/h7-8H,4-6H2,1-3H3. The molecule has 0 radical (unpaired) electrons.